The standard InChI is InChI=1S/C15H20F2O3/c1-2-3-9-13(18)15(16,17)14(19)11-20-10-12-7-5-4-6-8-12/h4-8,14,19H,2-3,9-11H2,1H3. The lowest BCUT2D eigenvalue weighted by Gasteiger charge is -2.21. The van der Waals surface area contributed by atoms with Gasteiger partial charge in [0, 0.05) is 6.42 Å². The first-order valence-corrected chi connectivity index (χ1v) is 6.69. The van der Waals surface area contributed by atoms with Crippen molar-refractivity contribution in [2.24, 2.45) is 0 Å². The molecular formula is C15H20F2O3. The van der Waals surface area contributed by atoms with E-state index in [1.54, 1.807) is 24.3 Å². The molecule has 3 nitrogen and oxygen atoms in total. The van der Waals surface area contributed by atoms with Crippen LogP contribution in [0.25, 0.3) is 0 Å². The summed E-state index contributed by atoms with van der Waals surface area (Å²) in [5.41, 5.74) is 0.820. The molecule has 5 heteroatoms. The Balaban J connectivity index is 2.40. The molecule has 1 N–H and O–H groups in total. The number of hydrogen-bond donors (Lipinski definition) is 1. The van der Waals surface area contributed by atoms with E-state index >= 15 is 0 Å². The summed E-state index contributed by atoms with van der Waals surface area (Å²) in [5, 5.41) is 9.43. The number of unbranched alkanes of at least 4 members (excludes halogenated alkanes) is 1. The van der Waals surface area contributed by atoms with Gasteiger partial charge in [0.15, 0.2) is 0 Å². The van der Waals surface area contributed by atoms with Crippen molar-refractivity contribution < 1.29 is 23.4 Å². The lowest BCUT2D eigenvalue weighted by molar-refractivity contribution is -0.168. The van der Waals surface area contributed by atoms with Crippen molar-refractivity contribution in [3.63, 3.8) is 0 Å². The van der Waals surface area contributed by atoms with E-state index in [9.17, 15) is 18.7 Å². The van der Waals surface area contributed by atoms with Crippen molar-refractivity contribution in [1.29, 1.82) is 0 Å². The Labute approximate surface area is 117 Å². The molecule has 1 atom stereocenters. The molecular weight excluding hydrogens is 266 g/mol. The molecule has 1 rings (SSSR count). The summed E-state index contributed by atoms with van der Waals surface area (Å²) in [6.45, 7) is 1.36. The van der Waals surface area contributed by atoms with Crippen LogP contribution in [0.3, 0.4) is 0 Å². The number of ether oxygens (including phenoxy) is 1. The molecule has 0 radical (unpaired) electrons. The van der Waals surface area contributed by atoms with Crippen LogP contribution in [0.1, 0.15) is 31.7 Å². The fourth-order valence-corrected chi connectivity index (χ4v) is 1.66. The molecule has 20 heavy (non-hydrogen) atoms. The van der Waals surface area contributed by atoms with Crippen molar-refractivity contribution in [2.75, 3.05) is 6.61 Å². The molecule has 0 heterocycles. The molecule has 0 saturated heterocycles. The average Bonchev–Trinajstić information content (AvgIpc) is 2.45. The Morgan fingerprint density at radius 2 is 2.00 bits per heavy atom. The number of aliphatic hydroxyl groups excluding tert-OH is 1. The third-order valence-corrected chi connectivity index (χ3v) is 2.93. The van der Waals surface area contributed by atoms with E-state index in [4.69, 9.17) is 4.74 Å². The molecule has 0 aromatic heterocycles. The van der Waals surface area contributed by atoms with Crippen molar-refractivity contribution >= 4 is 5.78 Å². The Bertz CT molecular complexity index is 407. The minimum atomic E-state index is -3.74. The summed E-state index contributed by atoms with van der Waals surface area (Å²) in [4.78, 5) is 11.3. The highest BCUT2D eigenvalue weighted by atomic mass is 19.3. The SMILES string of the molecule is CCCCC(=O)C(F)(F)C(O)COCc1ccccc1. The van der Waals surface area contributed by atoms with Crippen LogP contribution < -0.4 is 0 Å². The van der Waals surface area contributed by atoms with Gasteiger partial charge in [-0.3, -0.25) is 4.79 Å². The number of carbonyl (C=O) groups is 1. The Kier molecular flexibility index (Phi) is 6.75. The van der Waals surface area contributed by atoms with E-state index in [1.165, 1.54) is 0 Å². The van der Waals surface area contributed by atoms with Gasteiger partial charge in [0.2, 0.25) is 5.78 Å². The summed E-state index contributed by atoms with van der Waals surface area (Å²) in [6, 6.07) is 9.02. The van der Waals surface area contributed by atoms with Gasteiger partial charge in [-0.2, -0.15) is 8.78 Å². The van der Waals surface area contributed by atoms with Crippen LogP contribution in [0, 0.1) is 0 Å². The van der Waals surface area contributed by atoms with Gasteiger partial charge >= 0.3 is 5.92 Å². The zero-order valence-electron chi connectivity index (χ0n) is 11.5. The summed E-state index contributed by atoms with van der Waals surface area (Å²) in [7, 11) is 0. The van der Waals surface area contributed by atoms with Gasteiger partial charge in [-0.15, -0.1) is 0 Å². The summed E-state index contributed by atoms with van der Waals surface area (Å²) >= 11 is 0. The molecule has 0 aliphatic heterocycles. The second-order valence-electron chi connectivity index (χ2n) is 4.67. The summed E-state index contributed by atoms with van der Waals surface area (Å²) in [6.07, 6.45) is -1.27. The highest BCUT2D eigenvalue weighted by Crippen LogP contribution is 2.23. The molecule has 0 bridgehead atoms. The number of alkyl halides is 2. The van der Waals surface area contributed by atoms with Crippen molar-refractivity contribution in [1.82, 2.24) is 0 Å². The first-order valence-electron chi connectivity index (χ1n) is 6.69. The van der Waals surface area contributed by atoms with E-state index in [0.29, 0.717) is 12.8 Å². The fourth-order valence-electron chi connectivity index (χ4n) is 1.66. The second-order valence-corrected chi connectivity index (χ2v) is 4.67. The molecule has 0 fully saturated rings. The number of carbonyl (C=O) groups excluding carboxylic acids is 1. The van der Waals surface area contributed by atoms with Crippen molar-refractivity contribution in [2.45, 2.75) is 44.8 Å². The van der Waals surface area contributed by atoms with Crippen LogP contribution in [0.15, 0.2) is 30.3 Å². The third-order valence-electron chi connectivity index (χ3n) is 2.93. The van der Waals surface area contributed by atoms with Crippen LogP contribution >= 0.6 is 0 Å². The van der Waals surface area contributed by atoms with Gasteiger partial charge in [-0.05, 0) is 12.0 Å². The first-order chi connectivity index (χ1) is 9.48. The van der Waals surface area contributed by atoms with Crippen LogP contribution in [0.5, 0.6) is 0 Å². The molecule has 112 valence electrons. The first kappa shape index (κ1) is 16.7. The van der Waals surface area contributed by atoms with E-state index in [0.717, 1.165) is 5.56 Å². The van der Waals surface area contributed by atoms with Crippen LogP contribution in [0.2, 0.25) is 0 Å². The number of rotatable bonds is 9. The zero-order valence-corrected chi connectivity index (χ0v) is 11.5. The van der Waals surface area contributed by atoms with Crippen molar-refractivity contribution in [3.8, 4) is 0 Å². The number of ketones is 1. The maximum atomic E-state index is 13.6. The summed E-state index contributed by atoms with van der Waals surface area (Å²) in [5.74, 6) is -4.97. The van der Waals surface area contributed by atoms with Crippen LogP contribution in [0.4, 0.5) is 8.78 Å². The second kappa shape index (κ2) is 8.07. The fraction of sp³-hybridized carbons (Fsp3) is 0.533. The maximum Gasteiger partial charge on any atom is 0.332 e. The molecule has 1 aromatic carbocycles. The highest BCUT2D eigenvalue weighted by Gasteiger charge is 2.45. The van der Waals surface area contributed by atoms with E-state index in [-0.39, 0.29) is 13.0 Å². The molecule has 0 spiro atoms. The molecule has 0 saturated carbocycles. The lowest BCUT2D eigenvalue weighted by atomic mass is 10.0. The quantitative estimate of drug-likeness (QED) is 0.759. The smallest absolute Gasteiger partial charge is 0.332 e. The number of halogens is 2. The Hall–Kier alpha value is -1.33. The molecule has 0 aliphatic rings. The topological polar surface area (TPSA) is 46.5 Å². The predicted molar refractivity (Wildman–Crippen MR) is 71.6 cm³/mol. The van der Waals surface area contributed by atoms with Gasteiger partial charge in [-0.1, -0.05) is 43.7 Å². The van der Waals surface area contributed by atoms with E-state index < -0.39 is 24.4 Å². The van der Waals surface area contributed by atoms with Gasteiger partial charge in [0.1, 0.15) is 6.10 Å². The monoisotopic (exact) mass is 286 g/mol. The molecule has 1 aromatic rings. The lowest BCUT2D eigenvalue weighted by Crippen LogP contribution is -2.44. The third kappa shape index (κ3) is 4.98. The average molecular weight is 286 g/mol. The Morgan fingerprint density at radius 1 is 1.35 bits per heavy atom. The zero-order chi connectivity index (χ0) is 15.0. The van der Waals surface area contributed by atoms with Crippen LogP contribution in [-0.4, -0.2) is 29.5 Å². The maximum absolute atomic E-state index is 13.6. The van der Waals surface area contributed by atoms with Gasteiger partial charge in [0.25, 0.3) is 0 Å². The van der Waals surface area contributed by atoms with Gasteiger partial charge in [-0.25, -0.2) is 0 Å². The molecule has 0 aliphatic carbocycles. The van der Waals surface area contributed by atoms with Gasteiger partial charge < -0.3 is 9.84 Å². The number of benzene rings is 1. The Morgan fingerprint density at radius 3 is 2.60 bits per heavy atom. The highest BCUT2D eigenvalue weighted by molar-refractivity contribution is 5.86. The number of aliphatic hydroxyl groups is 1. The predicted octanol–water partition coefficient (Wildman–Crippen LogP) is 2.96. The van der Waals surface area contributed by atoms with E-state index in [1.807, 2.05) is 13.0 Å². The number of Topliss-reactive ketones (excluding diaryl/α,β-unsaturated/α-hetero) is 1. The van der Waals surface area contributed by atoms with E-state index in [2.05, 4.69) is 0 Å². The largest absolute Gasteiger partial charge is 0.384 e. The normalized spacial score (nSPS) is 13.2. The minimum Gasteiger partial charge on any atom is -0.384 e. The van der Waals surface area contributed by atoms with Crippen LogP contribution in [-0.2, 0) is 16.1 Å². The molecule has 0 amide bonds. The molecule has 1 unspecified atom stereocenters. The minimum absolute atomic E-state index is 0.122. The van der Waals surface area contributed by atoms with Crippen molar-refractivity contribution in [3.05, 3.63) is 35.9 Å². The van der Waals surface area contributed by atoms with Gasteiger partial charge in [0.05, 0.1) is 13.2 Å². The number of hydrogen-bond acceptors (Lipinski definition) is 3. The summed E-state index contributed by atoms with van der Waals surface area (Å²) < 4.78 is 32.2.